The minimum Gasteiger partial charge on any atom is -0.455 e. The number of ether oxygens (including phenoxy) is 1. The van der Waals surface area contributed by atoms with Crippen LogP contribution in [0.5, 0.6) is 0 Å². The van der Waals surface area contributed by atoms with E-state index in [9.17, 15) is 18.0 Å². The quantitative estimate of drug-likeness (QED) is 0.709. The zero-order valence-corrected chi connectivity index (χ0v) is 15.1. The predicted molar refractivity (Wildman–Crippen MR) is 92.8 cm³/mol. The van der Waals surface area contributed by atoms with E-state index in [2.05, 4.69) is 0 Å². The van der Waals surface area contributed by atoms with Gasteiger partial charge in [0.1, 0.15) is 0 Å². The van der Waals surface area contributed by atoms with Crippen molar-refractivity contribution in [2.45, 2.75) is 44.7 Å². The minimum absolute atomic E-state index is 0.0204. The summed E-state index contributed by atoms with van der Waals surface area (Å²) in [5, 5.41) is 0. The molecule has 1 aliphatic heterocycles. The smallest absolute Gasteiger partial charge is 0.310 e. The fraction of sp³-hybridized carbons (Fsp3) is 0.556. The van der Waals surface area contributed by atoms with E-state index in [4.69, 9.17) is 4.74 Å². The second-order valence-electron chi connectivity index (χ2n) is 6.91. The van der Waals surface area contributed by atoms with Crippen LogP contribution in [0, 0.1) is 6.92 Å². The molecule has 1 aliphatic carbocycles. The van der Waals surface area contributed by atoms with E-state index in [0.29, 0.717) is 6.42 Å². The van der Waals surface area contributed by atoms with Crippen LogP contribution in [0.3, 0.4) is 0 Å². The van der Waals surface area contributed by atoms with Crippen molar-refractivity contribution >= 4 is 21.7 Å². The van der Waals surface area contributed by atoms with Gasteiger partial charge in [0.15, 0.2) is 16.4 Å². The maximum absolute atomic E-state index is 12.5. The first kappa shape index (κ1) is 17.9. The van der Waals surface area contributed by atoms with Crippen LogP contribution in [-0.2, 0) is 30.6 Å². The first-order valence-electron chi connectivity index (χ1n) is 8.57. The topological polar surface area (TPSA) is 80.8 Å². The van der Waals surface area contributed by atoms with Gasteiger partial charge in [-0.3, -0.25) is 9.59 Å². The second kappa shape index (κ2) is 7.15. The van der Waals surface area contributed by atoms with E-state index in [0.717, 1.165) is 24.0 Å². The van der Waals surface area contributed by atoms with Crippen molar-refractivity contribution in [2.24, 2.45) is 0 Å². The van der Waals surface area contributed by atoms with Crippen LogP contribution < -0.4 is 0 Å². The summed E-state index contributed by atoms with van der Waals surface area (Å²) >= 11 is 0. The molecule has 2 fully saturated rings. The third-order valence-corrected chi connectivity index (χ3v) is 6.41. The number of rotatable bonds is 6. The third kappa shape index (κ3) is 4.81. The van der Waals surface area contributed by atoms with Crippen LogP contribution in [0.2, 0.25) is 0 Å². The van der Waals surface area contributed by atoms with Gasteiger partial charge < -0.3 is 9.64 Å². The zero-order valence-electron chi connectivity index (χ0n) is 14.3. The van der Waals surface area contributed by atoms with Crippen molar-refractivity contribution in [1.29, 1.82) is 0 Å². The predicted octanol–water partition coefficient (Wildman–Crippen LogP) is 1.26. The molecule has 136 valence electrons. The Labute approximate surface area is 148 Å². The number of hydrogen-bond donors (Lipinski definition) is 0. The fourth-order valence-electron chi connectivity index (χ4n) is 3.19. The molecule has 0 unspecified atom stereocenters. The maximum atomic E-state index is 12.5. The van der Waals surface area contributed by atoms with Crippen molar-refractivity contribution in [1.82, 2.24) is 4.90 Å². The van der Waals surface area contributed by atoms with Gasteiger partial charge >= 0.3 is 5.97 Å². The summed E-state index contributed by atoms with van der Waals surface area (Å²) in [5.74, 6) is -0.595. The molecule has 1 atom stereocenters. The standard InChI is InChI=1S/C18H23NO5S/c1-13-2-4-14(5-3-13)10-18(21)24-11-17(20)19(15-6-7-15)16-8-9-25(22,23)12-16/h2-5,15-16H,6-12H2,1H3/t16-/m0/s1. The number of benzene rings is 1. The highest BCUT2D eigenvalue weighted by atomic mass is 32.2. The van der Waals surface area contributed by atoms with Crippen molar-refractivity contribution in [3.63, 3.8) is 0 Å². The summed E-state index contributed by atoms with van der Waals surface area (Å²) in [7, 11) is -3.06. The monoisotopic (exact) mass is 365 g/mol. The maximum Gasteiger partial charge on any atom is 0.310 e. The largest absolute Gasteiger partial charge is 0.455 e. The van der Waals surface area contributed by atoms with E-state index in [1.807, 2.05) is 31.2 Å². The molecule has 1 amide bonds. The lowest BCUT2D eigenvalue weighted by Gasteiger charge is -2.28. The zero-order chi connectivity index (χ0) is 18.0. The van der Waals surface area contributed by atoms with Crippen LogP contribution >= 0.6 is 0 Å². The van der Waals surface area contributed by atoms with Gasteiger partial charge in [-0.1, -0.05) is 29.8 Å². The van der Waals surface area contributed by atoms with E-state index in [1.165, 1.54) is 0 Å². The van der Waals surface area contributed by atoms with Gasteiger partial charge in [0.25, 0.3) is 5.91 Å². The van der Waals surface area contributed by atoms with Gasteiger partial charge in [-0.15, -0.1) is 0 Å². The summed E-state index contributed by atoms with van der Waals surface area (Å²) in [6.07, 6.45) is 2.37. The van der Waals surface area contributed by atoms with E-state index in [-0.39, 0.29) is 42.5 Å². The summed E-state index contributed by atoms with van der Waals surface area (Å²) in [5.41, 5.74) is 1.95. The first-order chi connectivity index (χ1) is 11.8. The Bertz CT molecular complexity index is 752. The molecule has 1 heterocycles. The molecule has 1 saturated heterocycles. The first-order valence-corrected chi connectivity index (χ1v) is 10.4. The van der Waals surface area contributed by atoms with Crippen molar-refractivity contribution in [2.75, 3.05) is 18.1 Å². The van der Waals surface area contributed by atoms with E-state index in [1.54, 1.807) is 4.90 Å². The van der Waals surface area contributed by atoms with Crippen molar-refractivity contribution < 1.29 is 22.7 Å². The molecule has 0 aromatic heterocycles. The third-order valence-electron chi connectivity index (χ3n) is 4.66. The Hall–Kier alpha value is -1.89. The number of aryl methyl sites for hydroxylation is 1. The molecule has 2 aliphatic rings. The molecule has 1 saturated carbocycles. The SMILES string of the molecule is Cc1ccc(CC(=O)OCC(=O)N(C2CC2)[C@H]2CCS(=O)(=O)C2)cc1. The molecule has 0 radical (unpaired) electrons. The molecule has 0 bridgehead atoms. The Balaban J connectivity index is 1.53. The number of nitrogens with zero attached hydrogens (tertiary/aromatic N) is 1. The van der Waals surface area contributed by atoms with Gasteiger partial charge in [-0.2, -0.15) is 0 Å². The van der Waals surface area contributed by atoms with Gasteiger partial charge in [0, 0.05) is 12.1 Å². The van der Waals surface area contributed by atoms with Crippen LogP contribution in [0.1, 0.15) is 30.4 Å². The highest BCUT2D eigenvalue weighted by Crippen LogP contribution is 2.32. The lowest BCUT2D eigenvalue weighted by atomic mass is 10.1. The fourth-order valence-corrected chi connectivity index (χ4v) is 4.90. The number of carbonyl (C=O) groups excluding carboxylic acids is 2. The molecule has 1 aromatic rings. The second-order valence-corrected chi connectivity index (χ2v) is 9.14. The summed E-state index contributed by atoms with van der Waals surface area (Å²) in [6, 6.07) is 7.38. The molecule has 6 nitrogen and oxygen atoms in total. The number of carbonyl (C=O) groups is 2. The molecular weight excluding hydrogens is 342 g/mol. The summed E-state index contributed by atoms with van der Waals surface area (Å²) < 4.78 is 28.5. The molecule has 0 N–H and O–H groups in total. The number of amides is 1. The lowest BCUT2D eigenvalue weighted by Crippen LogP contribution is -2.44. The average molecular weight is 365 g/mol. The van der Waals surface area contributed by atoms with Crippen LogP contribution in [-0.4, -0.2) is 55.4 Å². The normalized spacial score (nSPS) is 21.7. The summed E-state index contributed by atoms with van der Waals surface area (Å²) in [4.78, 5) is 26.1. The van der Waals surface area contributed by atoms with Gasteiger partial charge in [0.2, 0.25) is 0 Å². The van der Waals surface area contributed by atoms with E-state index >= 15 is 0 Å². The Morgan fingerprint density at radius 3 is 2.36 bits per heavy atom. The van der Waals surface area contributed by atoms with Crippen LogP contribution in [0.25, 0.3) is 0 Å². The number of sulfone groups is 1. The molecule has 25 heavy (non-hydrogen) atoms. The van der Waals surface area contributed by atoms with E-state index < -0.39 is 15.8 Å². The highest BCUT2D eigenvalue weighted by Gasteiger charge is 2.42. The Morgan fingerprint density at radius 1 is 1.12 bits per heavy atom. The molecule has 0 spiro atoms. The highest BCUT2D eigenvalue weighted by molar-refractivity contribution is 7.91. The van der Waals surface area contributed by atoms with Gasteiger partial charge in [-0.25, -0.2) is 8.42 Å². The number of esters is 1. The van der Waals surface area contributed by atoms with Crippen molar-refractivity contribution in [3.05, 3.63) is 35.4 Å². The molecule has 1 aromatic carbocycles. The lowest BCUT2D eigenvalue weighted by molar-refractivity contribution is -0.152. The Morgan fingerprint density at radius 2 is 1.80 bits per heavy atom. The van der Waals surface area contributed by atoms with Crippen LogP contribution in [0.4, 0.5) is 0 Å². The van der Waals surface area contributed by atoms with Gasteiger partial charge in [-0.05, 0) is 31.7 Å². The van der Waals surface area contributed by atoms with Gasteiger partial charge in [0.05, 0.1) is 17.9 Å². The molecular formula is C18H23NO5S. The molecule has 7 heteroatoms. The Kier molecular flexibility index (Phi) is 5.13. The number of hydrogen-bond acceptors (Lipinski definition) is 5. The average Bonchev–Trinajstić information content (AvgIpc) is 3.31. The van der Waals surface area contributed by atoms with Crippen LogP contribution in [0.15, 0.2) is 24.3 Å². The van der Waals surface area contributed by atoms with Crippen molar-refractivity contribution in [3.8, 4) is 0 Å². The summed E-state index contributed by atoms with van der Waals surface area (Å²) in [6.45, 7) is 1.65. The molecule has 3 rings (SSSR count). The minimum atomic E-state index is -3.06.